The van der Waals surface area contributed by atoms with Crippen molar-refractivity contribution in [1.29, 1.82) is 0 Å². The maximum atomic E-state index is 12.9. The van der Waals surface area contributed by atoms with Gasteiger partial charge >= 0.3 is 5.97 Å². The van der Waals surface area contributed by atoms with E-state index in [9.17, 15) is 14.4 Å². The van der Waals surface area contributed by atoms with E-state index in [0.29, 0.717) is 38.4 Å². The van der Waals surface area contributed by atoms with Crippen molar-refractivity contribution < 1.29 is 28.6 Å². The summed E-state index contributed by atoms with van der Waals surface area (Å²) in [7, 11) is 0. The van der Waals surface area contributed by atoms with Gasteiger partial charge in [0.25, 0.3) is 0 Å². The van der Waals surface area contributed by atoms with Crippen LogP contribution in [-0.4, -0.2) is 65.0 Å². The van der Waals surface area contributed by atoms with Crippen LogP contribution in [0, 0.1) is 5.92 Å². The Balaban J connectivity index is 1.66. The van der Waals surface area contributed by atoms with E-state index in [1.807, 2.05) is 0 Å². The monoisotopic (exact) mass is 350 g/mol. The molecule has 0 radical (unpaired) electrons. The summed E-state index contributed by atoms with van der Waals surface area (Å²) < 4.78 is 10.5. The molecule has 2 aliphatic rings. The minimum Gasteiger partial charge on any atom is -0.480 e. The van der Waals surface area contributed by atoms with Crippen LogP contribution in [0.15, 0.2) is 22.8 Å². The lowest BCUT2D eigenvalue weighted by Crippen LogP contribution is -2.48. The van der Waals surface area contributed by atoms with E-state index in [-0.39, 0.29) is 37.4 Å². The van der Waals surface area contributed by atoms with Crippen LogP contribution in [0.25, 0.3) is 0 Å². The number of carbonyl (C=O) groups excluding carboxylic acids is 2. The summed E-state index contributed by atoms with van der Waals surface area (Å²) in [5, 5.41) is 9.17. The standard InChI is InChI=1S/C17H22N2O6/c20-15-8-12(9-18(15)10-14-2-1-5-25-14)17(23)19(11-16(21)22)13-3-6-24-7-4-13/h1-2,5,12-13H,3-4,6-11H2,(H,21,22). The maximum absolute atomic E-state index is 12.9. The summed E-state index contributed by atoms with van der Waals surface area (Å²) in [6.07, 6.45) is 2.89. The molecule has 1 aromatic heterocycles. The van der Waals surface area contributed by atoms with Crippen molar-refractivity contribution in [3.8, 4) is 0 Å². The van der Waals surface area contributed by atoms with E-state index in [1.165, 1.54) is 11.2 Å². The first-order chi connectivity index (χ1) is 12.0. The summed E-state index contributed by atoms with van der Waals surface area (Å²) in [6.45, 7) is 1.31. The Morgan fingerprint density at radius 1 is 1.32 bits per heavy atom. The van der Waals surface area contributed by atoms with Crippen molar-refractivity contribution in [3.05, 3.63) is 24.2 Å². The number of carboxylic acid groups (broad SMARTS) is 1. The first kappa shape index (κ1) is 17.5. The molecule has 2 amide bonds. The number of rotatable bonds is 6. The number of carbonyl (C=O) groups is 3. The number of furan rings is 1. The third-order valence-corrected chi connectivity index (χ3v) is 4.71. The fraction of sp³-hybridized carbons (Fsp3) is 0.588. The van der Waals surface area contributed by atoms with Gasteiger partial charge in [0.15, 0.2) is 0 Å². The number of aliphatic carboxylic acids is 1. The molecule has 1 N–H and O–H groups in total. The van der Waals surface area contributed by atoms with Gasteiger partial charge in [0.05, 0.1) is 18.7 Å². The van der Waals surface area contributed by atoms with Gasteiger partial charge in [0.2, 0.25) is 11.8 Å². The molecule has 25 heavy (non-hydrogen) atoms. The van der Waals surface area contributed by atoms with Gasteiger partial charge in [0, 0.05) is 32.2 Å². The zero-order valence-electron chi connectivity index (χ0n) is 13.9. The average Bonchev–Trinajstić information content (AvgIpc) is 3.23. The zero-order valence-corrected chi connectivity index (χ0v) is 13.9. The number of likely N-dealkylation sites (tertiary alicyclic amines) is 1. The fourth-order valence-corrected chi connectivity index (χ4v) is 3.45. The van der Waals surface area contributed by atoms with Crippen molar-refractivity contribution in [3.63, 3.8) is 0 Å². The number of nitrogens with zero attached hydrogens (tertiary/aromatic N) is 2. The third-order valence-electron chi connectivity index (χ3n) is 4.71. The zero-order chi connectivity index (χ0) is 17.8. The Morgan fingerprint density at radius 3 is 2.72 bits per heavy atom. The van der Waals surface area contributed by atoms with E-state index in [1.54, 1.807) is 17.0 Å². The smallest absolute Gasteiger partial charge is 0.323 e. The average molecular weight is 350 g/mol. The Hall–Kier alpha value is -2.35. The minimum atomic E-state index is -1.04. The summed E-state index contributed by atoms with van der Waals surface area (Å²) in [4.78, 5) is 39.3. The topological polar surface area (TPSA) is 100 Å². The molecular weight excluding hydrogens is 328 g/mol. The van der Waals surface area contributed by atoms with Crippen LogP contribution in [0.5, 0.6) is 0 Å². The SMILES string of the molecule is O=C(O)CN(C(=O)C1CC(=O)N(Cc2ccco2)C1)C1CCOCC1. The summed E-state index contributed by atoms with van der Waals surface area (Å²) in [5.74, 6) is -1.27. The molecule has 0 bridgehead atoms. The highest BCUT2D eigenvalue weighted by atomic mass is 16.5. The van der Waals surface area contributed by atoms with Crippen LogP contribution in [0.2, 0.25) is 0 Å². The highest BCUT2D eigenvalue weighted by Gasteiger charge is 2.39. The first-order valence-corrected chi connectivity index (χ1v) is 8.44. The molecule has 0 spiro atoms. The van der Waals surface area contributed by atoms with Crippen LogP contribution in [-0.2, 0) is 25.7 Å². The van der Waals surface area contributed by atoms with E-state index in [2.05, 4.69) is 0 Å². The number of ether oxygens (including phenoxy) is 1. The number of hydrogen-bond acceptors (Lipinski definition) is 5. The van der Waals surface area contributed by atoms with Crippen LogP contribution < -0.4 is 0 Å². The van der Waals surface area contributed by atoms with E-state index in [4.69, 9.17) is 14.3 Å². The summed E-state index contributed by atoms with van der Waals surface area (Å²) in [6, 6.07) is 3.38. The van der Waals surface area contributed by atoms with Gasteiger partial charge in [-0.05, 0) is 25.0 Å². The lowest BCUT2D eigenvalue weighted by molar-refractivity contribution is -0.149. The maximum Gasteiger partial charge on any atom is 0.323 e. The first-order valence-electron chi connectivity index (χ1n) is 8.44. The van der Waals surface area contributed by atoms with Crippen molar-refractivity contribution in [2.75, 3.05) is 26.3 Å². The van der Waals surface area contributed by atoms with Crippen LogP contribution in [0.3, 0.4) is 0 Å². The fourth-order valence-electron chi connectivity index (χ4n) is 3.45. The normalized spacial score (nSPS) is 21.5. The molecule has 8 nitrogen and oxygen atoms in total. The molecule has 3 rings (SSSR count). The minimum absolute atomic E-state index is 0.110. The largest absolute Gasteiger partial charge is 0.480 e. The van der Waals surface area contributed by atoms with Gasteiger partial charge in [-0.3, -0.25) is 14.4 Å². The molecule has 2 fully saturated rings. The molecule has 0 aliphatic carbocycles. The van der Waals surface area contributed by atoms with Crippen molar-refractivity contribution in [2.45, 2.75) is 31.8 Å². The Morgan fingerprint density at radius 2 is 2.08 bits per heavy atom. The van der Waals surface area contributed by atoms with Crippen LogP contribution in [0.4, 0.5) is 0 Å². The highest BCUT2D eigenvalue weighted by molar-refractivity contribution is 5.90. The highest BCUT2D eigenvalue weighted by Crippen LogP contribution is 2.25. The second-order valence-electron chi connectivity index (χ2n) is 6.46. The Bertz CT molecular complexity index is 623. The van der Waals surface area contributed by atoms with Crippen molar-refractivity contribution in [2.24, 2.45) is 5.92 Å². The van der Waals surface area contributed by atoms with E-state index >= 15 is 0 Å². The Kier molecular flexibility index (Phi) is 5.37. The molecule has 1 unspecified atom stereocenters. The van der Waals surface area contributed by atoms with Gasteiger partial charge in [-0.15, -0.1) is 0 Å². The van der Waals surface area contributed by atoms with Crippen LogP contribution >= 0.6 is 0 Å². The van der Waals surface area contributed by atoms with Gasteiger partial charge in [-0.1, -0.05) is 0 Å². The third kappa shape index (κ3) is 4.19. The second kappa shape index (κ2) is 7.69. The lowest BCUT2D eigenvalue weighted by atomic mass is 10.0. The van der Waals surface area contributed by atoms with E-state index < -0.39 is 11.9 Å². The molecule has 1 atom stereocenters. The van der Waals surface area contributed by atoms with Gasteiger partial charge in [0.1, 0.15) is 12.3 Å². The van der Waals surface area contributed by atoms with Gasteiger partial charge in [-0.25, -0.2) is 0 Å². The second-order valence-corrected chi connectivity index (χ2v) is 6.46. The molecule has 2 saturated heterocycles. The molecule has 8 heteroatoms. The van der Waals surface area contributed by atoms with E-state index in [0.717, 1.165) is 0 Å². The molecule has 0 aromatic carbocycles. The Labute approximate surface area is 145 Å². The lowest BCUT2D eigenvalue weighted by Gasteiger charge is -2.34. The molecule has 136 valence electrons. The quantitative estimate of drug-likeness (QED) is 0.811. The molecule has 3 heterocycles. The van der Waals surface area contributed by atoms with Gasteiger partial charge in [-0.2, -0.15) is 0 Å². The van der Waals surface area contributed by atoms with Crippen LogP contribution in [0.1, 0.15) is 25.0 Å². The van der Waals surface area contributed by atoms with Crippen molar-refractivity contribution in [1.82, 2.24) is 9.80 Å². The van der Waals surface area contributed by atoms with Gasteiger partial charge < -0.3 is 24.1 Å². The molecule has 1 aromatic rings. The summed E-state index contributed by atoms with van der Waals surface area (Å²) in [5.41, 5.74) is 0. The number of carboxylic acids is 1. The predicted molar refractivity (Wildman–Crippen MR) is 85.4 cm³/mol. The molecule has 0 saturated carbocycles. The summed E-state index contributed by atoms with van der Waals surface area (Å²) >= 11 is 0. The predicted octanol–water partition coefficient (Wildman–Crippen LogP) is 0.720. The molecule has 2 aliphatic heterocycles. The number of hydrogen-bond donors (Lipinski definition) is 1. The number of amides is 2. The molecular formula is C17H22N2O6. The van der Waals surface area contributed by atoms with Crippen molar-refractivity contribution >= 4 is 17.8 Å².